The van der Waals surface area contributed by atoms with Crippen molar-refractivity contribution in [2.75, 3.05) is 12.8 Å². The first kappa shape index (κ1) is 10.9. The third-order valence-electron chi connectivity index (χ3n) is 1.55. The molecule has 0 unspecified atom stereocenters. The summed E-state index contributed by atoms with van der Waals surface area (Å²) in [7, 11) is 1.53. The molecule has 0 fully saturated rings. The molecule has 1 aromatic rings. The molecule has 3 nitrogen and oxygen atoms in total. The fourth-order valence-electron chi connectivity index (χ4n) is 0.929. The first-order valence-electron chi connectivity index (χ1n) is 4.38. The molecule has 0 aromatic heterocycles. The molecule has 76 valence electrons. The van der Waals surface area contributed by atoms with Crippen LogP contribution in [-0.2, 0) is 0 Å². The van der Waals surface area contributed by atoms with E-state index in [1.807, 2.05) is 12.1 Å². The lowest BCUT2D eigenvalue weighted by molar-refractivity contribution is 0.203. The van der Waals surface area contributed by atoms with E-state index in [9.17, 15) is 4.79 Å². The van der Waals surface area contributed by atoms with Crippen molar-refractivity contribution in [3.63, 3.8) is 0 Å². The molecule has 0 atom stereocenters. The van der Waals surface area contributed by atoms with Gasteiger partial charge in [0.15, 0.2) is 0 Å². The van der Waals surface area contributed by atoms with Gasteiger partial charge >= 0.3 is 6.09 Å². The number of nitrogens with one attached hydrogen (secondary N) is 1. The van der Waals surface area contributed by atoms with E-state index in [0.29, 0.717) is 5.75 Å². The van der Waals surface area contributed by atoms with Crippen LogP contribution in [0.4, 0.5) is 4.79 Å². The SMILES string of the molecule is CCSc1ccc(OC(=O)NC)cc1. The summed E-state index contributed by atoms with van der Waals surface area (Å²) in [6, 6.07) is 7.44. The predicted octanol–water partition coefficient (Wildman–Crippen LogP) is 2.52. The van der Waals surface area contributed by atoms with E-state index < -0.39 is 6.09 Å². The summed E-state index contributed by atoms with van der Waals surface area (Å²) < 4.78 is 4.94. The topological polar surface area (TPSA) is 38.3 Å². The number of ether oxygens (including phenoxy) is 1. The van der Waals surface area contributed by atoms with Gasteiger partial charge in [-0.1, -0.05) is 6.92 Å². The van der Waals surface area contributed by atoms with E-state index in [-0.39, 0.29) is 0 Å². The lowest BCUT2D eigenvalue weighted by Gasteiger charge is -2.03. The fraction of sp³-hybridized carbons (Fsp3) is 0.300. The second-order valence-corrected chi connectivity index (χ2v) is 3.88. The molecule has 1 N–H and O–H groups in total. The average molecular weight is 211 g/mol. The highest BCUT2D eigenvalue weighted by molar-refractivity contribution is 7.99. The van der Waals surface area contributed by atoms with E-state index in [0.717, 1.165) is 5.75 Å². The first-order valence-corrected chi connectivity index (χ1v) is 5.37. The summed E-state index contributed by atoms with van der Waals surface area (Å²) in [5, 5.41) is 2.39. The first-order chi connectivity index (χ1) is 6.76. The largest absolute Gasteiger partial charge is 0.412 e. The Morgan fingerprint density at radius 2 is 2.07 bits per heavy atom. The molecule has 0 saturated carbocycles. The Morgan fingerprint density at radius 1 is 1.43 bits per heavy atom. The van der Waals surface area contributed by atoms with Crippen LogP contribution in [0.1, 0.15) is 6.92 Å². The van der Waals surface area contributed by atoms with Gasteiger partial charge in [-0.2, -0.15) is 0 Å². The Bertz CT molecular complexity index is 297. The van der Waals surface area contributed by atoms with Crippen LogP contribution in [0, 0.1) is 0 Å². The predicted molar refractivity (Wildman–Crippen MR) is 57.9 cm³/mol. The second-order valence-electron chi connectivity index (χ2n) is 2.54. The molecule has 14 heavy (non-hydrogen) atoms. The Kier molecular flexibility index (Phi) is 4.32. The van der Waals surface area contributed by atoms with Gasteiger partial charge in [0.25, 0.3) is 0 Å². The highest BCUT2D eigenvalue weighted by Crippen LogP contribution is 2.20. The van der Waals surface area contributed by atoms with Gasteiger partial charge in [0.1, 0.15) is 5.75 Å². The van der Waals surface area contributed by atoms with Gasteiger partial charge in [-0.05, 0) is 30.0 Å². The van der Waals surface area contributed by atoms with Crippen LogP contribution in [0.5, 0.6) is 5.75 Å². The van der Waals surface area contributed by atoms with Crippen LogP contribution < -0.4 is 10.1 Å². The van der Waals surface area contributed by atoms with Crippen LogP contribution in [0.25, 0.3) is 0 Å². The molecular formula is C10H13NO2S. The maximum atomic E-state index is 10.9. The van der Waals surface area contributed by atoms with Crippen molar-refractivity contribution < 1.29 is 9.53 Å². The fourth-order valence-corrected chi connectivity index (χ4v) is 1.59. The molecule has 1 rings (SSSR count). The van der Waals surface area contributed by atoms with E-state index in [2.05, 4.69) is 12.2 Å². The number of hydrogen-bond acceptors (Lipinski definition) is 3. The number of carbonyl (C=O) groups is 1. The van der Waals surface area contributed by atoms with Crippen molar-refractivity contribution in [1.29, 1.82) is 0 Å². The molecule has 0 bridgehead atoms. The minimum Gasteiger partial charge on any atom is -0.410 e. The zero-order chi connectivity index (χ0) is 10.4. The minimum atomic E-state index is -0.444. The molecule has 0 saturated heterocycles. The minimum absolute atomic E-state index is 0.444. The van der Waals surface area contributed by atoms with Gasteiger partial charge in [0, 0.05) is 11.9 Å². The van der Waals surface area contributed by atoms with Crippen molar-refractivity contribution in [3.8, 4) is 5.75 Å². The molecule has 1 aromatic carbocycles. The lowest BCUT2D eigenvalue weighted by atomic mass is 10.3. The number of rotatable bonds is 3. The quantitative estimate of drug-likeness (QED) is 0.781. The molecule has 0 aliphatic rings. The number of hydrogen-bond donors (Lipinski definition) is 1. The van der Waals surface area contributed by atoms with E-state index in [4.69, 9.17) is 4.74 Å². The smallest absolute Gasteiger partial charge is 0.410 e. The van der Waals surface area contributed by atoms with Crippen LogP contribution in [0.2, 0.25) is 0 Å². The van der Waals surface area contributed by atoms with E-state index >= 15 is 0 Å². The average Bonchev–Trinajstić information content (AvgIpc) is 2.21. The van der Waals surface area contributed by atoms with Gasteiger partial charge in [0.2, 0.25) is 0 Å². The second kappa shape index (κ2) is 5.54. The van der Waals surface area contributed by atoms with Crippen LogP contribution in [0.15, 0.2) is 29.2 Å². The Labute approximate surface area is 87.8 Å². The molecule has 0 aliphatic carbocycles. The van der Waals surface area contributed by atoms with Crippen molar-refractivity contribution in [2.24, 2.45) is 0 Å². The van der Waals surface area contributed by atoms with Gasteiger partial charge < -0.3 is 10.1 Å². The van der Waals surface area contributed by atoms with Crippen LogP contribution in [-0.4, -0.2) is 18.9 Å². The Morgan fingerprint density at radius 3 is 2.57 bits per heavy atom. The van der Waals surface area contributed by atoms with E-state index in [1.54, 1.807) is 23.9 Å². The maximum Gasteiger partial charge on any atom is 0.412 e. The van der Waals surface area contributed by atoms with Crippen molar-refractivity contribution in [1.82, 2.24) is 5.32 Å². The normalized spacial score (nSPS) is 9.57. The molecule has 0 heterocycles. The Hall–Kier alpha value is -1.16. The zero-order valence-electron chi connectivity index (χ0n) is 8.24. The van der Waals surface area contributed by atoms with Crippen molar-refractivity contribution in [2.45, 2.75) is 11.8 Å². The van der Waals surface area contributed by atoms with Crippen molar-refractivity contribution in [3.05, 3.63) is 24.3 Å². The standard InChI is InChI=1S/C10H13NO2S/c1-3-14-9-6-4-8(5-7-9)13-10(12)11-2/h4-7H,3H2,1-2H3,(H,11,12). The highest BCUT2D eigenvalue weighted by atomic mass is 32.2. The lowest BCUT2D eigenvalue weighted by Crippen LogP contribution is -2.21. The molecule has 1 amide bonds. The number of benzene rings is 1. The number of carbonyl (C=O) groups excluding carboxylic acids is 1. The van der Waals surface area contributed by atoms with Gasteiger partial charge in [0.05, 0.1) is 0 Å². The number of thioether (sulfide) groups is 1. The van der Waals surface area contributed by atoms with Crippen molar-refractivity contribution >= 4 is 17.9 Å². The van der Waals surface area contributed by atoms with Gasteiger partial charge in [-0.15, -0.1) is 11.8 Å². The number of amides is 1. The highest BCUT2D eigenvalue weighted by Gasteiger charge is 2.00. The summed E-state index contributed by atoms with van der Waals surface area (Å²) in [5.74, 6) is 1.60. The summed E-state index contributed by atoms with van der Waals surface area (Å²) in [6.07, 6.45) is -0.444. The van der Waals surface area contributed by atoms with Crippen LogP contribution >= 0.6 is 11.8 Å². The van der Waals surface area contributed by atoms with Crippen LogP contribution in [0.3, 0.4) is 0 Å². The zero-order valence-corrected chi connectivity index (χ0v) is 9.06. The summed E-state index contributed by atoms with van der Waals surface area (Å²) in [4.78, 5) is 12.0. The van der Waals surface area contributed by atoms with Gasteiger partial charge in [-0.25, -0.2) is 4.79 Å². The molecule has 4 heteroatoms. The maximum absolute atomic E-state index is 10.9. The summed E-state index contributed by atoms with van der Waals surface area (Å²) >= 11 is 1.75. The summed E-state index contributed by atoms with van der Waals surface area (Å²) in [6.45, 7) is 2.10. The molecule has 0 aliphatic heterocycles. The monoisotopic (exact) mass is 211 g/mol. The van der Waals surface area contributed by atoms with Gasteiger partial charge in [-0.3, -0.25) is 0 Å². The molecule has 0 radical (unpaired) electrons. The Balaban J connectivity index is 2.59. The third kappa shape index (κ3) is 3.30. The molecular weight excluding hydrogens is 198 g/mol. The van der Waals surface area contributed by atoms with E-state index in [1.165, 1.54) is 11.9 Å². The molecule has 0 spiro atoms. The third-order valence-corrected chi connectivity index (χ3v) is 2.44. The summed E-state index contributed by atoms with van der Waals surface area (Å²) in [5.41, 5.74) is 0.